The number of ether oxygens (including phenoxy) is 3. The summed E-state index contributed by atoms with van der Waals surface area (Å²) in [5, 5.41) is 0. The molecule has 0 aliphatic carbocycles. The van der Waals surface area contributed by atoms with Gasteiger partial charge in [-0.2, -0.15) is 0 Å². The lowest BCUT2D eigenvalue weighted by Gasteiger charge is -2.14. The summed E-state index contributed by atoms with van der Waals surface area (Å²) < 4.78 is 17.5. The van der Waals surface area contributed by atoms with Gasteiger partial charge in [-0.05, 0) is 89.3 Å². The zero-order chi connectivity index (χ0) is 35.3. The highest BCUT2D eigenvalue weighted by Gasteiger charge is 2.13. The van der Waals surface area contributed by atoms with Crippen molar-refractivity contribution in [2.45, 2.75) is 201 Å². The molecule has 0 saturated heterocycles. The number of allylic oxidation sites excluding steroid dienone is 4. The smallest absolute Gasteiger partial charge is 0.338 e. The van der Waals surface area contributed by atoms with Gasteiger partial charge in [0.05, 0.1) is 25.4 Å². The van der Waals surface area contributed by atoms with E-state index in [2.05, 4.69) is 38.2 Å². The Kier molecular flexibility index (Phi) is 32.5. The molecule has 1 rings (SSSR count). The maximum atomic E-state index is 12.3. The molecule has 1 aromatic rings. The van der Waals surface area contributed by atoms with Gasteiger partial charge in [-0.25, -0.2) is 4.79 Å². The zero-order valence-electron chi connectivity index (χ0n) is 32.6. The van der Waals surface area contributed by atoms with Crippen LogP contribution in [0, 0.1) is 0 Å². The maximum Gasteiger partial charge on any atom is 0.338 e. The number of carbonyl (C=O) groups excluding carboxylic acids is 1. The topological polar surface area (TPSA) is 44.8 Å². The average molecular weight is 683 g/mol. The normalized spacial score (nSPS) is 11.6. The SMILES string of the molecule is CCCCCCCCC=CCCCCCCCCOc1ccc(C(=O)OCC)cc1OCCCCCCCCC=CCCCCCCCC. The summed E-state index contributed by atoms with van der Waals surface area (Å²) in [7, 11) is 0. The predicted molar refractivity (Wildman–Crippen MR) is 212 cm³/mol. The van der Waals surface area contributed by atoms with Gasteiger partial charge in [0.25, 0.3) is 0 Å². The van der Waals surface area contributed by atoms with Crippen LogP contribution in [-0.4, -0.2) is 25.8 Å². The van der Waals surface area contributed by atoms with Crippen LogP contribution in [0.25, 0.3) is 0 Å². The van der Waals surface area contributed by atoms with Gasteiger partial charge in [0.2, 0.25) is 0 Å². The second-order valence-corrected chi connectivity index (χ2v) is 14.0. The Bertz CT molecular complexity index is 921. The molecule has 1 aromatic carbocycles. The molecule has 0 N–H and O–H groups in total. The Morgan fingerprint density at radius 1 is 0.469 bits per heavy atom. The first-order chi connectivity index (χ1) is 24.2. The summed E-state index contributed by atoms with van der Waals surface area (Å²) in [6.45, 7) is 8.05. The van der Waals surface area contributed by atoms with Crippen LogP contribution in [0.4, 0.5) is 0 Å². The molecule has 0 aliphatic rings. The fraction of sp³-hybridized carbons (Fsp3) is 0.756. The average Bonchev–Trinajstić information content (AvgIpc) is 3.11. The van der Waals surface area contributed by atoms with E-state index in [-0.39, 0.29) is 5.97 Å². The van der Waals surface area contributed by atoms with Crippen molar-refractivity contribution in [2.75, 3.05) is 19.8 Å². The minimum atomic E-state index is -0.315. The van der Waals surface area contributed by atoms with Crippen LogP contribution in [-0.2, 0) is 4.74 Å². The number of esters is 1. The van der Waals surface area contributed by atoms with Gasteiger partial charge in [-0.3, -0.25) is 0 Å². The molecule has 0 fully saturated rings. The van der Waals surface area contributed by atoms with Crippen molar-refractivity contribution in [3.05, 3.63) is 48.1 Å². The zero-order valence-corrected chi connectivity index (χ0v) is 32.6. The van der Waals surface area contributed by atoms with E-state index in [0.717, 1.165) is 25.0 Å². The molecular weight excluding hydrogens is 604 g/mol. The molecule has 0 atom stereocenters. The molecule has 0 radical (unpaired) electrons. The van der Waals surface area contributed by atoms with Gasteiger partial charge in [0.1, 0.15) is 0 Å². The highest BCUT2D eigenvalue weighted by molar-refractivity contribution is 5.90. The van der Waals surface area contributed by atoms with E-state index in [1.165, 1.54) is 161 Å². The van der Waals surface area contributed by atoms with Gasteiger partial charge in [0.15, 0.2) is 11.5 Å². The lowest BCUT2D eigenvalue weighted by Crippen LogP contribution is -2.07. The van der Waals surface area contributed by atoms with Gasteiger partial charge in [-0.15, -0.1) is 0 Å². The quantitative estimate of drug-likeness (QED) is 0.0401. The molecule has 0 heterocycles. The summed E-state index contributed by atoms with van der Waals surface area (Å²) in [5.74, 6) is 1.07. The summed E-state index contributed by atoms with van der Waals surface area (Å²) in [5.41, 5.74) is 0.516. The molecule has 49 heavy (non-hydrogen) atoms. The van der Waals surface area contributed by atoms with E-state index < -0.39 is 0 Å². The third kappa shape index (κ3) is 28.2. The van der Waals surface area contributed by atoms with E-state index in [4.69, 9.17) is 14.2 Å². The predicted octanol–water partition coefficient (Wildman–Crippen LogP) is 14.7. The van der Waals surface area contributed by atoms with Crippen LogP contribution in [0.1, 0.15) is 211 Å². The number of rotatable bonds is 36. The van der Waals surface area contributed by atoms with Crippen molar-refractivity contribution in [1.29, 1.82) is 0 Å². The highest BCUT2D eigenvalue weighted by atomic mass is 16.5. The lowest BCUT2D eigenvalue weighted by molar-refractivity contribution is 0.0525. The van der Waals surface area contributed by atoms with Crippen LogP contribution in [0.2, 0.25) is 0 Å². The molecule has 0 aromatic heterocycles. The molecule has 0 unspecified atom stereocenters. The van der Waals surface area contributed by atoms with E-state index in [1.54, 1.807) is 12.1 Å². The van der Waals surface area contributed by atoms with Gasteiger partial charge in [-0.1, -0.05) is 154 Å². The Labute approximate surface area is 304 Å². The van der Waals surface area contributed by atoms with Crippen molar-refractivity contribution in [1.82, 2.24) is 0 Å². The van der Waals surface area contributed by atoms with Crippen molar-refractivity contribution < 1.29 is 19.0 Å². The van der Waals surface area contributed by atoms with Gasteiger partial charge >= 0.3 is 5.97 Å². The molecule has 0 aliphatic heterocycles. The first-order valence-corrected chi connectivity index (χ1v) is 21.1. The third-order valence-electron chi connectivity index (χ3n) is 9.28. The number of unbranched alkanes of at least 4 members (excludes halogenated alkanes) is 24. The first-order valence-electron chi connectivity index (χ1n) is 21.1. The number of hydrogen-bond donors (Lipinski definition) is 0. The lowest BCUT2D eigenvalue weighted by atomic mass is 10.1. The monoisotopic (exact) mass is 683 g/mol. The fourth-order valence-electron chi connectivity index (χ4n) is 6.14. The molecule has 0 spiro atoms. The van der Waals surface area contributed by atoms with E-state index in [0.29, 0.717) is 31.1 Å². The van der Waals surface area contributed by atoms with Crippen LogP contribution in [0.15, 0.2) is 42.5 Å². The van der Waals surface area contributed by atoms with Crippen molar-refractivity contribution in [3.63, 3.8) is 0 Å². The van der Waals surface area contributed by atoms with Gasteiger partial charge < -0.3 is 14.2 Å². The number of hydrogen-bond acceptors (Lipinski definition) is 4. The van der Waals surface area contributed by atoms with Crippen LogP contribution in [0.5, 0.6) is 11.5 Å². The Hall–Kier alpha value is -2.23. The Balaban J connectivity index is 2.18. The van der Waals surface area contributed by atoms with E-state index in [1.807, 2.05) is 13.0 Å². The second-order valence-electron chi connectivity index (χ2n) is 14.0. The standard InChI is InChI=1S/C45H78O4/c1-4-7-9-11-13-15-17-19-21-23-25-27-29-31-33-35-39-48-43-38-37-42(45(46)47-6-3)41-44(43)49-40-36-34-32-30-28-26-24-22-20-18-16-14-12-10-8-5-2/h19-22,37-38,41H,4-18,23-36,39-40H2,1-3H3. The van der Waals surface area contributed by atoms with Crippen molar-refractivity contribution >= 4 is 5.97 Å². The van der Waals surface area contributed by atoms with Crippen molar-refractivity contribution in [3.8, 4) is 11.5 Å². The summed E-state index contributed by atoms with van der Waals surface area (Å²) >= 11 is 0. The molecule has 282 valence electrons. The molecular formula is C45H78O4. The van der Waals surface area contributed by atoms with E-state index >= 15 is 0 Å². The van der Waals surface area contributed by atoms with Gasteiger partial charge in [0, 0.05) is 0 Å². The minimum Gasteiger partial charge on any atom is -0.490 e. The second kappa shape index (κ2) is 35.6. The van der Waals surface area contributed by atoms with E-state index in [9.17, 15) is 4.79 Å². The maximum absolute atomic E-state index is 12.3. The Morgan fingerprint density at radius 2 is 0.837 bits per heavy atom. The molecule has 0 bridgehead atoms. The number of carbonyl (C=O) groups is 1. The third-order valence-corrected chi connectivity index (χ3v) is 9.28. The first kappa shape index (κ1) is 44.8. The summed E-state index contributed by atoms with van der Waals surface area (Å²) in [6.07, 6.45) is 45.7. The molecule has 4 nitrogen and oxygen atoms in total. The Morgan fingerprint density at radius 3 is 1.24 bits per heavy atom. The summed E-state index contributed by atoms with van der Waals surface area (Å²) in [4.78, 5) is 12.3. The minimum absolute atomic E-state index is 0.315. The molecule has 0 amide bonds. The van der Waals surface area contributed by atoms with Crippen LogP contribution < -0.4 is 9.47 Å². The largest absolute Gasteiger partial charge is 0.490 e. The molecule has 4 heteroatoms. The van der Waals surface area contributed by atoms with Crippen LogP contribution in [0.3, 0.4) is 0 Å². The van der Waals surface area contributed by atoms with Crippen molar-refractivity contribution in [2.24, 2.45) is 0 Å². The highest BCUT2D eigenvalue weighted by Crippen LogP contribution is 2.29. The fourth-order valence-corrected chi connectivity index (χ4v) is 6.14. The number of benzene rings is 1. The van der Waals surface area contributed by atoms with Crippen LogP contribution >= 0.6 is 0 Å². The molecule has 0 saturated carbocycles. The summed E-state index contributed by atoms with van der Waals surface area (Å²) in [6, 6.07) is 5.44.